The number of carbonyl (C=O) groups excluding carboxylic acids is 2. The Balaban J connectivity index is 1.68. The maximum atomic E-state index is 12.2. The summed E-state index contributed by atoms with van der Waals surface area (Å²) in [7, 11) is 1.30. The van der Waals surface area contributed by atoms with Crippen LogP contribution in [-0.2, 0) is 4.74 Å². The maximum absolute atomic E-state index is 12.2. The van der Waals surface area contributed by atoms with Crippen molar-refractivity contribution in [1.29, 1.82) is 0 Å². The Labute approximate surface area is 145 Å². The summed E-state index contributed by atoms with van der Waals surface area (Å²) < 4.78 is 6.68. The number of amides is 2. The molecule has 3 rings (SSSR count). The summed E-state index contributed by atoms with van der Waals surface area (Å²) in [6.07, 6.45) is 3.89. The highest BCUT2D eigenvalue weighted by Crippen LogP contribution is 2.17. The summed E-state index contributed by atoms with van der Waals surface area (Å²) in [5.41, 5.74) is 2.31. The number of hydrogen-bond acceptors (Lipinski definition) is 3. The van der Waals surface area contributed by atoms with Crippen molar-refractivity contribution in [3.05, 3.63) is 78.6 Å². The van der Waals surface area contributed by atoms with Crippen molar-refractivity contribution >= 4 is 23.4 Å². The van der Waals surface area contributed by atoms with Crippen LogP contribution < -0.4 is 10.6 Å². The summed E-state index contributed by atoms with van der Waals surface area (Å²) in [5, 5.41) is 5.40. The van der Waals surface area contributed by atoms with E-state index in [0.717, 1.165) is 5.69 Å². The van der Waals surface area contributed by atoms with Crippen LogP contribution in [0.4, 0.5) is 16.2 Å². The van der Waals surface area contributed by atoms with E-state index in [1.165, 1.54) is 7.11 Å². The van der Waals surface area contributed by atoms with Crippen molar-refractivity contribution < 1.29 is 14.3 Å². The van der Waals surface area contributed by atoms with E-state index in [2.05, 4.69) is 10.6 Å². The van der Waals surface area contributed by atoms with Crippen LogP contribution in [0.3, 0.4) is 0 Å². The fourth-order valence-electron chi connectivity index (χ4n) is 2.39. The second-order valence-corrected chi connectivity index (χ2v) is 5.25. The van der Waals surface area contributed by atoms with Gasteiger partial charge >= 0.3 is 12.0 Å². The summed E-state index contributed by atoms with van der Waals surface area (Å²) in [5.74, 6) is -0.507. The van der Waals surface area contributed by atoms with Crippen LogP contribution >= 0.6 is 0 Å². The first-order chi connectivity index (χ1) is 12.2. The van der Waals surface area contributed by atoms with Gasteiger partial charge in [0.25, 0.3) is 0 Å². The van der Waals surface area contributed by atoms with Gasteiger partial charge in [-0.25, -0.2) is 9.59 Å². The Hall–Kier alpha value is -3.54. The van der Waals surface area contributed by atoms with Gasteiger partial charge in [-0.15, -0.1) is 0 Å². The fourth-order valence-corrected chi connectivity index (χ4v) is 2.39. The molecule has 0 bridgehead atoms. The number of urea groups is 1. The minimum absolute atomic E-state index is 0.295. The molecule has 2 N–H and O–H groups in total. The molecule has 0 saturated carbocycles. The lowest BCUT2D eigenvalue weighted by molar-refractivity contribution is 0.0602. The highest BCUT2D eigenvalue weighted by molar-refractivity contribution is 6.05. The first-order valence-electron chi connectivity index (χ1n) is 7.66. The lowest BCUT2D eigenvalue weighted by Gasteiger charge is -2.11. The van der Waals surface area contributed by atoms with Gasteiger partial charge in [-0.1, -0.05) is 12.1 Å². The van der Waals surface area contributed by atoms with Gasteiger partial charge in [-0.3, -0.25) is 0 Å². The van der Waals surface area contributed by atoms with E-state index in [1.54, 1.807) is 36.4 Å². The molecule has 25 heavy (non-hydrogen) atoms. The Morgan fingerprint density at radius 3 is 2.24 bits per heavy atom. The first kappa shape index (κ1) is 16.3. The molecule has 1 aromatic heterocycles. The number of nitrogens with zero attached hydrogens (tertiary/aromatic N) is 1. The van der Waals surface area contributed by atoms with Gasteiger partial charge in [-0.05, 0) is 48.5 Å². The summed E-state index contributed by atoms with van der Waals surface area (Å²) in [6.45, 7) is 0. The molecular formula is C19H17N3O3. The predicted molar refractivity (Wildman–Crippen MR) is 96.2 cm³/mol. The third kappa shape index (κ3) is 3.87. The lowest BCUT2D eigenvalue weighted by Crippen LogP contribution is -2.21. The molecule has 2 aromatic carbocycles. The second kappa shape index (κ2) is 7.35. The molecule has 0 saturated heterocycles. The zero-order chi connectivity index (χ0) is 17.6. The van der Waals surface area contributed by atoms with Crippen molar-refractivity contribution in [2.45, 2.75) is 0 Å². The minimum Gasteiger partial charge on any atom is -0.465 e. The van der Waals surface area contributed by atoms with Crippen molar-refractivity contribution in [2.24, 2.45) is 0 Å². The zero-order valence-corrected chi connectivity index (χ0v) is 13.6. The monoisotopic (exact) mass is 335 g/mol. The van der Waals surface area contributed by atoms with Crippen molar-refractivity contribution in [3.63, 3.8) is 0 Å². The molecule has 0 aliphatic heterocycles. The van der Waals surface area contributed by atoms with Crippen LogP contribution in [0.2, 0.25) is 0 Å². The van der Waals surface area contributed by atoms with Crippen molar-refractivity contribution in [2.75, 3.05) is 17.7 Å². The third-order valence-corrected chi connectivity index (χ3v) is 3.61. The number of anilines is 2. The Morgan fingerprint density at radius 2 is 1.56 bits per heavy atom. The average Bonchev–Trinajstić information content (AvgIpc) is 3.17. The standard InChI is InChI=1S/C19H17N3O3/c1-25-18(23)16-6-2-3-7-17(16)21-19(24)20-14-8-10-15(11-9-14)22-12-4-5-13-22/h2-13H,1H3,(H2,20,21,24). The number of ether oxygens (including phenoxy) is 1. The van der Waals surface area contributed by atoms with Gasteiger partial charge in [0.1, 0.15) is 0 Å². The first-order valence-corrected chi connectivity index (χ1v) is 7.66. The molecule has 126 valence electrons. The molecule has 0 spiro atoms. The van der Waals surface area contributed by atoms with Crippen LogP contribution in [0.5, 0.6) is 0 Å². The molecule has 0 unspecified atom stereocenters. The molecule has 6 nitrogen and oxygen atoms in total. The molecule has 0 radical (unpaired) electrons. The van der Waals surface area contributed by atoms with Crippen LogP contribution in [-0.4, -0.2) is 23.7 Å². The summed E-state index contributed by atoms with van der Waals surface area (Å²) in [4.78, 5) is 23.9. The number of nitrogens with one attached hydrogen (secondary N) is 2. The quantitative estimate of drug-likeness (QED) is 0.710. The molecule has 0 atom stereocenters. The van der Waals surface area contributed by atoms with Gasteiger partial charge in [0.15, 0.2) is 0 Å². The van der Waals surface area contributed by atoms with Gasteiger partial charge < -0.3 is 19.9 Å². The van der Waals surface area contributed by atoms with E-state index < -0.39 is 12.0 Å². The highest BCUT2D eigenvalue weighted by atomic mass is 16.5. The average molecular weight is 335 g/mol. The van der Waals surface area contributed by atoms with E-state index >= 15 is 0 Å². The predicted octanol–water partition coefficient (Wildman–Crippen LogP) is 3.91. The van der Waals surface area contributed by atoms with Crippen molar-refractivity contribution in [1.82, 2.24) is 4.57 Å². The number of aromatic nitrogens is 1. The SMILES string of the molecule is COC(=O)c1ccccc1NC(=O)Nc1ccc(-n2cccc2)cc1. The molecule has 1 heterocycles. The second-order valence-electron chi connectivity index (χ2n) is 5.25. The van der Waals surface area contributed by atoms with Crippen LogP contribution in [0.15, 0.2) is 73.1 Å². The van der Waals surface area contributed by atoms with Crippen LogP contribution in [0, 0.1) is 0 Å². The maximum Gasteiger partial charge on any atom is 0.339 e. The molecular weight excluding hydrogens is 318 g/mol. The molecule has 0 aliphatic rings. The number of hydrogen-bond donors (Lipinski definition) is 2. The van der Waals surface area contributed by atoms with Crippen molar-refractivity contribution in [3.8, 4) is 5.69 Å². The Bertz CT molecular complexity index is 871. The summed E-state index contributed by atoms with van der Waals surface area (Å²) in [6, 6.07) is 17.5. The molecule has 6 heteroatoms. The molecule has 0 fully saturated rings. The number of methoxy groups -OCH3 is 1. The molecule has 2 amide bonds. The number of rotatable bonds is 4. The number of benzene rings is 2. The van der Waals surface area contributed by atoms with Gasteiger partial charge in [0, 0.05) is 23.8 Å². The normalized spacial score (nSPS) is 10.1. The van der Waals surface area contributed by atoms with E-state index in [9.17, 15) is 9.59 Å². The number of carbonyl (C=O) groups is 2. The van der Waals surface area contributed by atoms with E-state index in [-0.39, 0.29) is 0 Å². The van der Waals surface area contributed by atoms with Gasteiger partial charge in [0.2, 0.25) is 0 Å². The fraction of sp³-hybridized carbons (Fsp3) is 0.0526. The van der Waals surface area contributed by atoms with E-state index in [4.69, 9.17) is 4.74 Å². The summed E-state index contributed by atoms with van der Waals surface area (Å²) >= 11 is 0. The number of esters is 1. The highest BCUT2D eigenvalue weighted by Gasteiger charge is 2.13. The molecule has 3 aromatic rings. The van der Waals surface area contributed by atoms with Crippen LogP contribution in [0.25, 0.3) is 5.69 Å². The zero-order valence-electron chi connectivity index (χ0n) is 13.6. The van der Waals surface area contributed by atoms with E-state index in [1.807, 2.05) is 41.2 Å². The smallest absolute Gasteiger partial charge is 0.339 e. The minimum atomic E-state index is -0.507. The topological polar surface area (TPSA) is 72.4 Å². The van der Waals surface area contributed by atoms with Crippen LogP contribution in [0.1, 0.15) is 10.4 Å². The van der Waals surface area contributed by atoms with Gasteiger partial charge in [-0.2, -0.15) is 0 Å². The number of para-hydroxylation sites is 1. The lowest BCUT2D eigenvalue weighted by atomic mass is 10.2. The Morgan fingerprint density at radius 1 is 0.880 bits per heavy atom. The Kier molecular flexibility index (Phi) is 4.80. The third-order valence-electron chi connectivity index (χ3n) is 3.61. The van der Waals surface area contributed by atoms with E-state index in [0.29, 0.717) is 16.9 Å². The van der Waals surface area contributed by atoms with Gasteiger partial charge in [0.05, 0.1) is 18.4 Å². The largest absolute Gasteiger partial charge is 0.465 e. The molecule has 0 aliphatic carbocycles.